The van der Waals surface area contributed by atoms with Crippen molar-refractivity contribution in [2.24, 2.45) is 11.3 Å². The van der Waals surface area contributed by atoms with Crippen LogP contribution in [0.2, 0.25) is 0 Å². The molecule has 1 saturated carbocycles. The molecule has 120 valence electrons. The summed E-state index contributed by atoms with van der Waals surface area (Å²) in [6, 6.07) is 6.25. The molecule has 0 aromatic heterocycles. The lowest BCUT2D eigenvalue weighted by Gasteiger charge is -2.27. The zero-order valence-electron chi connectivity index (χ0n) is 13.3. The van der Waals surface area contributed by atoms with Crippen molar-refractivity contribution in [3.05, 3.63) is 35.1 Å². The number of amides is 1. The number of benzene rings is 1. The zero-order valence-corrected chi connectivity index (χ0v) is 13.3. The van der Waals surface area contributed by atoms with Crippen LogP contribution in [0.5, 0.6) is 0 Å². The highest BCUT2D eigenvalue weighted by molar-refractivity contribution is 5.85. The Hall–Kier alpha value is -1.93. The molecular formula is C18H20FN3O. The fourth-order valence-electron chi connectivity index (χ4n) is 4.16. The number of nitriles is 1. The SMILES string of the molecule is C[C@]1(CC2CC2)CN2CC[C@H](c3cc(F)cc(C#N)c3)N2C1=O. The number of rotatable bonds is 3. The summed E-state index contributed by atoms with van der Waals surface area (Å²) in [5.74, 6) is 0.447. The van der Waals surface area contributed by atoms with E-state index >= 15 is 0 Å². The van der Waals surface area contributed by atoms with E-state index in [9.17, 15) is 9.18 Å². The van der Waals surface area contributed by atoms with E-state index in [4.69, 9.17) is 5.26 Å². The molecule has 4 nitrogen and oxygen atoms in total. The molecule has 2 aliphatic heterocycles. The maximum atomic E-state index is 13.8. The van der Waals surface area contributed by atoms with Gasteiger partial charge in [-0.3, -0.25) is 9.80 Å². The third-order valence-electron chi connectivity index (χ3n) is 5.39. The van der Waals surface area contributed by atoms with Gasteiger partial charge in [-0.15, -0.1) is 0 Å². The first-order valence-electron chi connectivity index (χ1n) is 8.29. The summed E-state index contributed by atoms with van der Waals surface area (Å²) in [5.41, 5.74) is 0.726. The Morgan fingerprint density at radius 3 is 2.83 bits per heavy atom. The molecule has 2 atom stereocenters. The van der Waals surface area contributed by atoms with Gasteiger partial charge in [0.15, 0.2) is 0 Å². The molecular weight excluding hydrogens is 293 g/mol. The van der Waals surface area contributed by atoms with Crippen LogP contribution in [0.25, 0.3) is 0 Å². The van der Waals surface area contributed by atoms with Crippen LogP contribution in [-0.2, 0) is 4.79 Å². The third kappa shape index (κ3) is 2.42. The predicted octanol–water partition coefficient (Wildman–Crippen LogP) is 3.01. The molecule has 0 bridgehead atoms. The molecule has 3 fully saturated rings. The van der Waals surface area contributed by atoms with Crippen LogP contribution >= 0.6 is 0 Å². The second-order valence-corrected chi connectivity index (χ2v) is 7.44. The van der Waals surface area contributed by atoms with Crippen LogP contribution in [-0.4, -0.2) is 29.0 Å². The smallest absolute Gasteiger partial charge is 0.244 e. The largest absolute Gasteiger partial charge is 0.273 e. The number of hydrazine groups is 1. The second-order valence-electron chi connectivity index (χ2n) is 7.44. The fraction of sp³-hybridized carbons (Fsp3) is 0.556. The normalized spacial score (nSPS) is 30.6. The molecule has 3 aliphatic rings. The second kappa shape index (κ2) is 5.04. The molecule has 0 spiro atoms. The Balaban J connectivity index is 1.63. The van der Waals surface area contributed by atoms with Crippen LogP contribution in [0.1, 0.15) is 49.8 Å². The number of carbonyl (C=O) groups excluding carboxylic acids is 1. The zero-order chi connectivity index (χ0) is 16.2. The molecule has 2 saturated heterocycles. The average Bonchev–Trinajstić information content (AvgIpc) is 3.16. The van der Waals surface area contributed by atoms with E-state index in [0.29, 0.717) is 11.5 Å². The maximum absolute atomic E-state index is 13.8. The predicted molar refractivity (Wildman–Crippen MR) is 82.3 cm³/mol. The summed E-state index contributed by atoms with van der Waals surface area (Å²) in [4.78, 5) is 13.0. The lowest BCUT2D eigenvalue weighted by molar-refractivity contribution is -0.143. The molecule has 1 aromatic carbocycles. The van der Waals surface area contributed by atoms with E-state index in [-0.39, 0.29) is 17.4 Å². The first kappa shape index (κ1) is 14.6. The van der Waals surface area contributed by atoms with Gasteiger partial charge < -0.3 is 0 Å². The quantitative estimate of drug-likeness (QED) is 0.862. The van der Waals surface area contributed by atoms with Gasteiger partial charge in [0.25, 0.3) is 0 Å². The van der Waals surface area contributed by atoms with Gasteiger partial charge in [-0.1, -0.05) is 12.8 Å². The Morgan fingerprint density at radius 2 is 2.13 bits per heavy atom. The number of hydrogen-bond acceptors (Lipinski definition) is 3. The molecule has 4 rings (SSSR count). The van der Waals surface area contributed by atoms with E-state index < -0.39 is 5.82 Å². The van der Waals surface area contributed by atoms with Crippen molar-refractivity contribution in [3.63, 3.8) is 0 Å². The van der Waals surface area contributed by atoms with Crippen LogP contribution in [0, 0.1) is 28.5 Å². The Morgan fingerprint density at radius 1 is 1.35 bits per heavy atom. The van der Waals surface area contributed by atoms with E-state index in [1.807, 2.05) is 11.1 Å². The molecule has 0 N–H and O–H groups in total. The van der Waals surface area contributed by atoms with Crippen LogP contribution < -0.4 is 0 Å². The van der Waals surface area contributed by atoms with E-state index in [1.165, 1.54) is 25.0 Å². The summed E-state index contributed by atoms with van der Waals surface area (Å²) in [5, 5.41) is 13.0. The molecule has 0 unspecified atom stereocenters. The van der Waals surface area contributed by atoms with Crippen molar-refractivity contribution in [1.82, 2.24) is 10.0 Å². The minimum atomic E-state index is -0.412. The van der Waals surface area contributed by atoms with Gasteiger partial charge in [-0.25, -0.2) is 9.40 Å². The summed E-state index contributed by atoms with van der Waals surface area (Å²) in [6.45, 7) is 3.64. The lowest BCUT2D eigenvalue weighted by Crippen LogP contribution is -2.36. The van der Waals surface area contributed by atoms with Crippen LogP contribution in [0.3, 0.4) is 0 Å². The van der Waals surface area contributed by atoms with Crippen LogP contribution in [0.15, 0.2) is 18.2 Å². The summed E-state index contributed by atoms with van der Waals surface area (Å²) in [7, 11) is 0. The minimum Gasteiger partial charge on any atom is -0.273 e. The average molecular weight is 313 g/mol. The van der Waals surface area contributed by atoms with Gasteiger partial charge in [0, 0.05) is 13.1 Å². The minimum absolute atomic E-state index is 0.147. The number of nitrogens with zero attached hydrogens (tertiary/aromatic N) is 3. The Bertz CT molecular complexity index is 709. The van der Waals surface area contributed by atoms with Crippen LogP contribution in [0.4, 0.5) is 4.39 Å². The van der Waals surface area contributed by atoms with Crippen molar-refractivity contribution in [1.29, 1.82) is 5.26 Å². The van der Waals surface area contributed by atoms with Gasteiger partial charge in [0.2, 0.25) is 5.91 Å². The standard InChI is InChI=1S/C18H20FN3O/c1-18(9-12-2-3-12)11-21-5-4-16(22(21)17(18)23)14-6-13(10-20)7-15(19)8-14/h6-8,12,16H,2-5,9,11H2,1H3/t16-,18+/m1/s1. The molecule has 1 aromatic rings. The van der Waals surface area contributed by atoms with Crippen molar-refractivity contribution in [2.45, 2.75) is 38.6 Å². The highest BCUT2D eigenvalue weighted by atomic mass is 19.1. The monoisotopic (exact) mass is 313 g/mol. The van der Waals surface area contributed by atoms with Crippen molar-refractivity contribution >= 4 is 5.91 Å². The third-order valence-corrected chi connectivity index (χ3v) is 5.39. The fourth-order valence-corrected chi connectivity index (χ4v) is 4.16. The number of carbonyl (C=O) groups is 1. The molecule has 2 heterocycles. The summed E-state index contributed by atoms with van der Waals surface area (Å²) >= 11 is 0. The number of fused-ring (bicyclic) bond motifs is 1. The highest BCUT2D eigenvalue weighted by Crippen LogP contribution is 2.48. The van der Waals surface area contributed by atoms with E-state index in [1.54, 1.807) is 6.07 Å². The lowest BCUT2D eigenvalue weighted by atomic mass is 9.84. The van der Waals surface area contributed by atoms with Gasteiger partial charge in [0.1, 0.15) is 5.82 Å². The summed E-state index contributed by atoms with van der Waals surface area (Å²) in [6.07, 6.45) is 4.22. The Kier molecular flexibility index (Phi) is 3.21. The topological polar surface area (TPSA) is 47.3 Å². The van der Waals surface area contributed by atoms with Gasteiger partial charge in [-0.05, 0) is 49.4 Å². The molecule has 23 heavy (non-hydrogen) atoms. The molecule has 5 heteroatoms. The van der Waals surface area contributed by atoms with Crippen molar-refractivity contribution in [2.75, 3.05) is 13.1 Å². The van der Waals surface area contributed by atoms with Gasteiger partial charge in [0.05, 0.1) is 23.1 Å². The number of halogens is 1. The van der Waals surface area contributed by atoms with E-state index in [2.05, 4.69) is 11.9 Å². The van der Waals surface area contributed by atoms with Crippen molar-refractivity contribution in [3.8, 4) is 6.07 Å². The number of hydrogen-bond donors (Lipinski definition) is 0. The first-order valence-corrected chi connectivity index (χ1v) is 8.29. The molecule has 1 aliphatic carbocycles. The van der Waals surface area contributed by atoms with E-state index in [0.717, 1.165) is 31.5 Å². The Labute approximate surface area is 135 Å². The summed E-state index contributed by atoms with van der Waals surface area (Å²) < 4.78 is 13.8. The maximum Gasteiger partial charge on any atom is 0.244 e. The van der Waals surface area contributed by atoms with Crippen molar-refractivity contribution < 1.29 is 9.18 Å². The highest BCUT2D eigenvalue weighted by Gasteiger charge is 2.54. The van der Waals surface area contributed by atoms with Gasteiger partial charge >= 0.3 is 0 Å². The molecule has 0 radical (unpaired) electrons. The van der Waals surface area contributed by atoms with Gasteiger partial charge in [-0.2, -0.15) is 5.26 Å². The first-order chi connectivity index (χ1) is 11.0. The molecule has 1 amide bonds.